The molecule has 0 aliphatic carbocycles. The lowest BCUT2D eigenvalue weighted by Crippen LogP contribution is -2.13. The van der Waals surface area contributed by atoms with E-state index in [1.807, 2.05) is 20.0 Å². The summed E-state index contributed by atoms with van der Waals surface area (Å²) in [6.07, 6.45) is 1.41. The minimum atomic E-state index is -0.244. The Balaban J connectivity index is 2.37. The van der Waals surface area contributed by atoms with E-state index in [0.29, 0.717) is 10.1 Å². The van der Waals surface area contributed by atoms with Crippen LogP contribution >= 0.6 is 11.8 Å². The fraction of sp³-hybridized carbons (Fsp3) is 0.273. The van der Waals surface area contributed by atoms with Crippen molar-refractivity contribution in [1.29, 1.82) is 0 Å². The minimum absolute atomic E-state index is 0.0797. The molecule has 90 valence electrons. The Labute approximate surface area is 103 Å². The first-order valence-corrected chi connectivity index (χ1v) is 6.03. The molecule has 17 heavy (non-hydrogen) atoms. The summed E-state index contributed by atoms with van der Waals surface area (Å²) in [7, 11) is 1.85. The number of nitrogens with zero attached hydrogens (tertiary/aromatic N) is 2. The molecule has 2 aromatic rings. The van der Waals surface area contributed by atoms with Crippen molar-refractivity contribution in [3.8, 4) is 0 Å². The number of hydrogen-bond donors (Lipinski definition) is 2. The highest BCUT2D eigenvalue weighted by Crippen LogP contribution is 2.33. The first-order chi connectivity index (χ1) is 8.22. The van der Waals surface area contributed by atoms with Crippen LogP contribution in [0.1, 0.15) is 18.5 Å². The second kappa shape index (κ2) is 5.29. The van der Waals surface area contributed by atoms with E-state index < -0.39 is 0 Å². The number of hydrogen-bond acceptors (Lipinski definition) is 4. The number of halogens is 1. The van der Waals surface area contributed by atoms with Gasteiger partial charge in [-0.05, 0) is 37.4 Å². The Morgan fingerprint density at radius 2 is 2.29 bits per heavy atom. The third-order valence-corrected chi connectivity index (χ3v) is 3.51. The maximum Gasteiger partial charge on any atom is 0.188 e. The van der Waals surface area contributed by atoms with Crippen molar-refractivity contribution < 1.29 is 4.39 Å². The van der Waals surface area contributed by atoms with Crippen LogP contribution in [0.15, 0.2) is 34.6 Å². The van der Waals surface area contributed by atoms with Gasteiger partial charge in [0.2, 0.25) is 0 Å². The molecule has 1 unspecified atom stereocenters. The Hall–Kier alpha value is -1.40. The lowest BCUT2D eigenvalue weighted by atomic mass is 10.1. The molecule has 0 radical (unpaired) electrons. The van der Waals surface area contributed by atoms with E-state index in [1.54, 1.807) is 6.07 Å². The summed E-state index contributed by atoms with van der Waals surface area (Å²) < 4.78 is 13.8. The SMILES string of the molecule is CNC(C)c1cccc(F)c1Sc1ncn[nH]1. The molecule has 2 N–H and O–H groups in total. The van der Waals surface area contributed by atoms with Gasteiger partial charge in [0.25, 0.3) is 0 Å². The van der Waals surface area contributed by atoms with E-state index in [0.717, 1.165) is 5.56 Å². The number of H-pyrrole nitrogens is 1. The highest BCUT2D eigenvalue weighted by Gasteiger charge is 2.15. The van der Waals surface area contributed by atoms with Gasteiger partial charge < -0.3 is 5.32 Å². The van der Waals surface area contributed by atoms with Crippen LogP contribution in [0.25, 0.3) is 0 Å². The quantitative estimate of drug-likeness (QED) is 0.877. The average Bonchev–Trinajstić information content (AvgIpc) is 2.83. The second-order valence-electron chi connectivity index (χ2n) is 3.56. The van der Waals surface area contributed by atoms with Gasteiger partial charge in [-0.15, -0.1) is 0 Å². The predicted octanol–water partition coefficient (Wildman–Crippen LogP) is 2.38. The molecule has 1 aromatic heterocycles. The van der Waals surface area contributed by atoms with Crippen LogP contribution in [0.5, 0.6) is 0 Å². The fourth-order valence-corrected chi connectivity index (χ4v) is 2.39. The maximum atomic E-state index is 13.8. The molecule has 4 nitrogen and oxygen atoms in total. The van der Waals surface area contributed by atoms with E-state index in [9.17, 15) is 4.39 Å². The molecule has 0 saturated heterocycles. The Bertz CT molecular complexity index is 486. The van der Waals surface area contributed by atoms with E-state index in [-0.39, 0.29) is 11.9 Å². The van der Waals surface area contributed by atoms with Crippen LogP contribution in [0.2, 0.25) is 0 Å². The molecule has 0 saturated carbocycles. The summed E-state index contributed by atoms with van der Waals surface area (Å²) in [5, 5.41) is 10.1. The summed E-state index contributed by atoms with van der Waals surface area (Å²) in [6, 6.07) is 5.15. The van der Waals surface area contributed by atoms with Crippen molar-refractivity contribution in [3.63, 3.8) is 0 Å². The molecule has 0 bridgehead atoms. The summed E-state index contributed by atoms with van der Waals surface area (Å²) in [5.74, 6) is -0.244. The molecule has 0 aliphatic heterocycles. The van der Waals surface area contributed by atoms with Gasteiger partial charge in [0.05, 0.1) is 4.90 Å². The Kier molecular flexibility index (Phi) is 3.75. The Morgan fingerprint density at radius 1 is 1.47 bits per heavy atom. The topological polar surface area (TPSA) is 53.6 Å². The molecular formula is C11H13FN4S. The second-order valence-corrected chi connectivity index (χ2v) is 4.56. The minimum Gasteiger partial charge on any atom is -0.313 e. The smallest absolute Gasteiger partial charge is 0.188 e. The normalized spacial score (nSPS) is 12.6. The van der Waals surface area contributed by atoms with Gasteiger partial charge in [0.15, 0.2) is 5.16 Å². The standard InChI is InChI=1S/C11H13FN4S/c1-7(13-2)8-4-3-5-9(12)10(8)17-11-14-6-15-16-11/h3-7,13H,1-2H3,(H,14,15,16). The van der Waals surface area contributed by atoms with Crippen molar-refractivity contribution in [2.45, 2.75) is 23.0 Å². The largest absolute Gasteiger partial charge is 0.313 e. The first-order valence-electron chi connectivity index (χ1n) is 5.21. The number of aromatic amines is 1. The zero-order chi connectivity index (χ0) is 12.3. The molecule has 6 heteroatoms. The highest BCUT2D eigenvalue weighted by atomic mass is 32.2. The molecule has 0 spiro atoms. The van der Waals surface area contributed by atoms with Gasteiger partial charge in [0, 0.05) is 6.04 Å². The van der Waals surface area contributed by atoms with Crippen LogP contribution < -0.4 is 5.32 Å². The summed E-state index contributed by atoms with van der Waals surface area (Å²) in [6.45, 7) is 1.99. The fourth-order valence-electron chi connectivity index (χ4n) is 1.47. The van der Waals surface area contributed by atoms with Gasteiger partial charge in [0.1, 0.15) is 12.1 Å². The van der Waals surface area contributed by atoms with Crippen molar-refractivity contribution in [2.75, 3.05) is 7.05 Å². The van der Waals surface area contributed by atoms with Crippen molar-refractivity contribution in [2.24, 2.45) is 0 Å². The summed E-state index contributed by atoms with van der Waals surface area (Å²) in [5.41, 5.74) is 0.911. The van der Waals surface area contributed by atoms with Crippen LogP contribution in [0, 0.1) is 5.82 Å². The lowest BCUT2D eigenvalue weighted by molar-refractivity contribution is 0.575. The maximum absolute atomic E-state index is 13.8. The van der Waals surface area contributed by atoms with Crippen LogP contribution in [-0.2, 0) is 0 Å². The molecule has 0 amide bonds. The highest BCUT2D eigenvalue weighted by molar-refractivity contribution is 7.99. The predicted molar refractivity (Wildman–Crippen MR) is 64.4 cm³/mol. The number of nitrogens with one attached hydrogen (secondary N) is 2. The van der Waals surface area contributed by atoms with E-state index in [4.69, 9.17) is 0 Å². The van der Waals surface area contributed by atoms with E-state index >= 15 is 0 Å². The molecule has 1 heterocycles. The van der Waals surface area contributed by atoms with Crippen LogP contribution in [0.4, 0.5) is 4.39 Å². The number of aromatic nitrogens is 3. The lowest BCUT2D eigenvalue weighted by Gasteiger charge is -2.15. The van der Waals surface area contributed by atoms with Crippen molar-refractivity contribution >= 4 is 11.8 Å². The zero-order valence-electron chi connectivity index (χ0n) is 9.57. The van der Waals surface area contributed by atoms with Crippen molar-refractivity contribution in [1.82, 2.24) is 20.5 Å². The summed E-state index contributed by atoms with van der Waals surface area (Å²) in [4.78, 5) is 4.56. The zero-order valence-corrected chi connectivity index (χ0v) is 10.4. The van der Waals surface area contributed by atoms with Gasteiger partial charge in [-0.2, -0.15) is 5.10 Å². The number of rotatable bonds is 4. The van der Waals surface area contributed by atoms with Gasteiger partial charge in [-0.25, -0.2) is 9.37 Å². The van der Waals surface area contributed by atoms with Crippen LogP contribution in [-0.4, -0.2) is 22.2 Å². The molecule has 0 aliphatic rings. The molecular weight excluding hydrogens is 239 g/mol. The average molecular weight is 252 g/mol. The van der Waals surface area contributed by atoms with Gasteiger partial charge in [-0.3, -0.25) is 5.10 Å². The molecule has 1 atom stereocenters. The van der Waals surface area contributed by atoms with Gasteiger partial charge >= 0.3 is 0 Å². The third kappa shape index (κ3) is 2.65. The van der Waals surface area contributed by atoms with Crippen molar-refractivity contribution in [3.05, 3.63) is 35.9 Å². The van der Waals surface area contributed by atoms with Crippen LogP contribution in [0.3, 0.4) is 0 Å². The molecule has 0 fully saturated rings. The summed E-state index contributed by atoms with van der Waals surface area (Å²) >= 11 is 1.25. The molecule has 2 rings (SSSR count). The van der Waals surface area contributed by atoms with E-state index in [2.05, 4.69) is 20.5 Å². The third-order valence-electron chi connectivity index (χ3n) is 2.49. The number of benzene rings is 1. The molecule has 1 aromatic carbocycles. The Morgan fingerprint density at radius 3 is 2.94 bits per heavy atom. The van der Waals surface area contributed by atoms with E-state index in [1.165, 1.54) is 24.2 Å². The first kappa shape index (κ1) is 12.1. The van der Waals surface area contributed by atoms with Gasteiger partial charge in [-0.1, -0.05) is 12.1 Å². The monoisotopic (exact) mass is 252 g/mol.